The summed E-state index contributed by atoms with van der Waals surface area (Å²) in [6.07, 6.45) is -0.806. The normalized spacial score (nSPS) is 14.6. The molecule has 156 valence electrons. The lowest BCUT2D eigenvalue weighted by molar-refractivity contribution is -0.144. The van der Waals surface area contributed by atoms with Crippen LogP contribution in [0, 0.1) is 5.82 Å². The third-order valence-corrected chi connectivity index (χ3v) is 4.96. The lowest BCUT2D eigenvalue weighted by Gasteiger charge is -2.36. The summed E-state index contributed by atoms with van der Waals surface area (Å²) in [5.41, 5.74) is -1.94. The second-order valence-electron chi connectivity index (χ2n) is 7.77. The van der Waals surface area contributed by atoms with Gasteiger partial charge in [-0.2, -0.15) is 0 Å². The average Bonchev–Trinajstić information content (AvgIpc) is 2.60. The first-order valence-corrected chi connectivity index (χ1v) is 9.54. The molecule has 2 aromatic rings. The van der Waals surface area contributed by atoms with Gasteiger partial charge in [0.15, 0.2) is 0 Å². The highest BCUT2D eigenvalue weighted by Crippen LogP contribution is 2.39. The molecule has 0 saturated heterocycles. The molecule has 0 fully saturated rings. The third-order valence-electron chi connectivity index (χ3n) is 4.41. The molecule has 0 bridgehead atoms. The minimum absolute atomic E-state index is 0.128. The second-order valence-corrected chi connectivity index (χ2v) is 8.61. The Labute approximate surface area is 178 Å². The Kier molecular flexibility index (Phi) is 6.81. The Morgan fingerprint density at radius 1 is 1.07 bits per heavy atom. The van der Waals surface area contributed by atoms with Crippen LogP contribution < -0.4 is 5.32 Å². The maximum absolute atomic E-state index is 14.1. The van der Waals surface area contributed by atoms with Crippen molar-refractivity contribution in [2.24, 2.45) is 0 Å². The number of carbonyl (C=O) groups is 2. The summed E-state index contributed by atoms with van der Waals surface area (Å²) in [6, 6.07) is 8.99. The van der Waals surface area contributed by atoms with E-state index in [9.17, 15) is 19.1 Å². The van der Waals surface area contributed by atoms with Crippen LogP contribution in [0.5, 0.6) is 0 Å². The number of carbonyl (C=O) groups excluding carboxylic acids is 1. The molecule has 1 amide bonds. The Balaban J connectivity index is 2.61. The van der Waals surface area contributed by atoms with Gasteiger partial charge in [-0.3, -0.25) is 4.79 Å². The number of carboxylic acid groups (broad SMARTS) is 1. The van der Waals surface area contributed by atoms with Crippen molar-refractivity contribution < 1.29 is 23.8 Å². The lowest BCUT2D eigenvalue weighted by atomic mass is 9.73. The maximum Gasteiger partial charge on any atom is 0.408 e. The molecule has 2 aromatic carbocycles. The molecule has 0 aliphatic heterocycles. The Hall–Kier alpha value is -2.31. The predicted molar refractivity (Wildman–Crippen MR) is 110 cm³/mol. The van der Waals surface area contributed by atoms with Crippen LogP contribution in [-0.2, 0) is 14.9 Å². The van der Waals surface area contributed by atoms with Crippen LogP contribution in [0.4, 0.5) is 9.18 Å². The summed E-state index contributed by atoms with van der Waals surface area (Å²) in [6.45, 7) is 6.47. The minimum Gasteiger partial charge on any atom is -0.481 e. The van der Waals surface area contributed by atoms with Crippen LogP contribution >= 0.6 is 23.2 Å². The van der Waals surface area contributed by atoms with Crippen LogP contribution in [0.25, 0.3) is 0 Å². The molecular formula is C21H22Cl2FNO4. The van der Waals surface area contributed by atoms with Crippen molar-refractivity contribution >= 4 is 35.3 Å². The van der Waals surface area contributed by atoms with E-state index in [0.29, 0.717) is 10.6 Å². The van der Waals surface area contributed by atoms with Crippen LogP contribution in [0.3, 0.4) is 0 Å². The first kappa shape index (κ1) is 23.0. The van der Waals surface area contributed by atoms with Crippen molar-refractivity contribution in [1.29, 1.82) is 0 Å². The molecule has 8 heteroatoms. The highest BCUT2D eigenvalue weighted by molar-refractivity contribution is 6.31. The smallest absolute Gasteiger partial charge is 0.408 e. The van der Waals surface area contributed by atoms with E-state index in [1.54, 1.807) is 45.0 Å². The minimum atomic E-state index is -1.74. The standard InChI is InChI=1S/C21H22Cl2FNO4/c1-20(2,3)29-19(28)25-17(12-5-8-14(22)9-6-12)21(4,18(26)27)13-7-10-15(23)16(24)11-13/h5-11,17H,1-4H3,(H,25,28)(H,26,27)/t17-,21+/m1/s1. The largest absolute Gasteiger partial charge is 0.481 e. The Morgan fingerprint density at radius 2 is 1.66 bits per heavy atom. The predicted octanol–water partition coefficient (Wildman–Crippen LogP) is 5.74. The van der Waals surface area contributed by atoms with Crippen molar-refractivity contribution in [2.45, 2.75) is 44.8 Å². The molecule has 0 aliphatic rings. The zero-order chi connectivity index (χ0) is 22.0. The monoisotopic (exact) mass is 441 g/mol. The summed E-state index contributed by atoms with van der Waals surface area (Å²) in [7, 11) is 0. The van der Waals surface area contributed by atoms with Crippen molar-refractivity contribution in [1.82, 2.24) is 5.32 Å². The fourth-order valence-corrected chi connectivity index (χ4v) is 3.12. The van der Waals surface area contributed by atoms with E-state index in [2.05, 4.69) is 5.32 Å². The van der Waals surface area contributed by atoms with Crippen molar-refractivity contribution in [3.63, 3.8) is 0 Å². The van der Waals surface area contributed by atoms with Gasteiger partial charge < -0.3 is 15.2 Å². The zero-order valence-electron chi connectivity index (χ0n) is 16.4. The highest BCUT2D eigenvalue weighted by Gasteiger charge is 2.46. The SMILES string of the molecule is CC(C)(C)OC(=O)N[C@H](c1ccc(Cl)cc1)[C@@](C)(C(=O)O)c1ccc(Cl)c(F)c1. The summed E-state index contributed by atoms with van der Waals surface area (Å²) < 4.78 is 19.4. The van der Waals surface area contributed by atoms with Crippen LogP contribution in [0.2, 0.25) is 10.0 Å². The fourth-order valence-electron chi connectivity index (χ4n) is 2.87. The summed E-state index contributed by atoms with van der Waals surface area (Å²) >= 11 is 11.7. The molecule has 2 atom stereocenters. The van der Waals surface area contributed by atoms with Crippen LogP contribution in [0.15, 0.2) is 42.5 Å². The molecule has 5 nitrogen and oxygen atoms in total. The van der Waals surface area contributed by atoms with Gasteiger partial charge in [-0.1, -0.05) is 41.4 Å². The first-order valence-electron chi connectivity index (χ1n) is 8.78. The van der Waals surface area contributed by atoms with Crippen LogP contribution in [0.1, 0.15) is 44.9 Å². The summed E-state index contributed by atoms with van der Waals surface area (Å²) in [5.74, 6) is -2.03. The van der Waals surface area contributed by atoms with E-state index in [-0.39, 0.29) is 10.6 Å². The van der Waals surface area contributed by atoms with Gasteiger partial charge in [0.2, 0.25) is 0 Å². The topological polar surface area (TPSA) is 75.6 Å². The number of alkyl carbamates (subject to hydrolysis) is 1. The van der Waals surface area contributed by atoms with Gasteiger partial charge in [-0.15, -0.1) is 0 Å². The summed E-state index contributed by atoms with van der Waals surface area (Å²) in [4.78, 5) is 24.9. The van der Waals surface area contributed by atoms with E-state index in [1.165, 1.54) is 19.1 Å². The zero-order valence-corrected chi connectivity index (χ0v) is 17.9. The number of carboxylic acids is 1. The Morgan fingerprint density at radius 3 is 2.14 bits per heavy atom. The van der Waals surface area contributed by atoms with Crippen LogP contribution in [-0.4, -0.2) is 22.8 Å². The van der Waals surface area contributed by atoms with Crippen molar-refractivity contribution in [3.8, 4) is 0 Å². The van der Waals surface area contributed by atoms with Gasteiger partial charge >= 0.3 is 12.1 Å². The molecule has 29 heavy (non-hydrogen) atoms. The number of benzene rings is 2. The molecule has 0 aromatic heterocycles. The number of aliphatic carboxylic acids is 1. The quantitative estimate of drug-likeness (QED) is 0.619. The van der Waals surface area contributed by atoms with Crippen molar-refractivity contribution in [2.75, 3.05) is 0 Å². The number of nitrogens with one attached hydrogen (secondary N) is 1. The van der Waals surface area contributed by atoms with Gasteiger partial charge in [-0.25, -0.2) is 9.18 Å². The number of hydrogen-bond acceptors (Lipinski definition) is 3. The van der Waals surface area contributed by atoms with Gasteiger partial charge in [0.05, 0.1) is 11.1 Å². The number of rotatable bonds is 5. The third kappa shape index (κ3) is 5.40. The average molecular weight is 442 g/mol. The Bertz CT molecular complexity index is 912. The molecule has 2 N–H and O–H groups in total. The number of amides is 1. The number of hydrogen-bond donors (Lipinski definition) is 2. The molecular weight excluding hydrogens is 420 g/mol. The first-order chi connectivity index (χ1) is 13.3. The van der Waals surface area contributed by atoms with E-state index in [4.69, 9.17) is 27.9 Å². The molecule has 0 unspecified atom stereocenters. The fraction of sp³-hybridized carbons (Fsp3) is 0.333. The van der Waals surface area contributed by atoms with Gasteiger partial charge in [0, 0.05) is 5.02 Å². The van der Waals surface area contributed by atoms with E-state index >= 15 is 0 Å². The van der Waals surface area contributed by atoms with Gasteiger partial charge in [-0.05, 0) is 63.1 Å². The number of halogens is 3. The van der Waals surface area contributed by atoms with E-state index in [1.807, 2.05) is 0 Å². The number of ether oxygens (including phenoxy) is 1. The lowest BCUT2D eigenvalue weighted by Crippen LogP contribution is -2.48. The molecule has 0 heterocycles. The second kappa shape index (κ2) is 8.59. The van der Waals surface area contributed by atoms with E-state index < -0.39 is 34.9 Å². The van der Waals surface area contributed by atoms with Gasteiger partial charge in [0.25, 0.3) is 0 Å². The molecule has 0 spiro atoms. The van der Waals surface area contributed by atoms with Gasteiger partial charge in [0.1, 0.15) is 16.8 Å². The molecule has 2 rings (SSSR count). The van der Waals surface area contributed by atoms with E-state index in [0.717, 1.165) is 6.07 Å². The molecule has 0 radical (unpaired) electrons. The summed E-state index contributed by atoms with van der Waals surface area (Å²) in [5, 5.41) is 13.0. The maximum atomic E-state index is 14.1. The molecule has 0 aliphatic carbocycles. The van der Waals surface area contributed by atoms with Crippen molar-refractivity contribution in [3.05, 3.63) is 69.5 Å². The molecule has 0 saturated carbocycles. The highest BCUT2D eigenvalue weighted by atomic mass is 35.5.